The normalized spacial score (nSPS) is 12.9. The fraction of sp³-hybridized carbons (Fsp3) is 0.685. The van der Waals surface area contributed by atoms with E-state index in [-0.39, 0.29) is 31.1 Å². The molecule has 0 aromatic heterocycles. The monoisotopic (exact) mass is 1090 g/mol. The second-order valence-corrected chi connectivity index (χ2v) is 21.6. The van der Waals surface area contributed by atoms with Gasteiger partial charge in [-0.3, -0.25) is 14.4 Å². The number of esters is 3. The van der Waals surface area contributed by atoms with Crippen molar-refractivity contribution in [2.45, 2.75) is 309 Å². The van der Waals surface area contributed by atoms with Crippen molar-refractivity contribution in [3.05, 3.63) is 122 Å². The Hall–Kier alpha value is -4.19. The van der Waals surface area contributed by atoms with E-state index in [4.69, 9.17) is 14.2 Å². The van der Waals surface area contributed by atoms with Gasteiger partial charge in [0, 0.05) is 19.3 Å². The summed E-state index contributed by atoms with van der Waals surface area (Å²) in [5, 5.41) is 0. The number of rotatable bonds is 59. The first-order valence-electron chi connectivity index (χ1n) is 33.0. The fourth-order valence-corrected chi connectivity index (χ4v) is 9.02. The van der Waals surface area contributed by atoms with Crippen LogP contribution >= 0.6 is 0 Å². The van der Waals surface area contributed by atoms with Crippen molar-refractivity contribution in [2.24, 2.45) is 0 Å². The number of hydrogen-bond donors (Lipinski definition) is 0. The Morgan fingerprint density at radius 2 is 0.494 bits per heavy atom. The third-order valence-electron chi connectivity index (χ3n) is 14.0. The van der Waals surface area contributed by atoms with E-state index in [1.165, 1.54) is 135 Å². The summed E-state index contributed by atoms with van der Waals surface area (Å²) >= 11 is 0. The molecule has 0 rings (SSSR count). The maximum Gasteiger partial charge on any atom is 0.306 e. The number of carbonyl (C=O) groups is 3. The summed E-state index contributed by atoms with van der Waals surface area (Å²) in [5.74, 6) is -0.916. The molecule has 0 amide bonds. The first-order chi connectivity index (χ1) is 39.0. The summed E-state index contributed by atoms with van der Waals surface area (Å²) in [6.45, 7) is 6.47. The zero-order valence-electron chi connectivity index (χ0n) is 51.6. The van der Waals surface area contributed by atoms with Crippen molar-refractivity contribution < 1.29 is 28.6 Å². The standard InChI is InChI=1S/C73H122O6/c1-4-7-10-13-16-18-20-22-24-26-28-30-32-34-35-36-37-39-40-42-44-46-48-50-52-54-57-60-63-66-72(75)78-69-70(68-77-71(74)65-62-59-56-15-12-9-6-3)79-73(76)67-64-61-58-55-53-51-49-47-45-43-41-38-33-31-29-27-25-23-21-19-17-14-11-8-5-2/h7,10,16,18,21-24,27-30,34-35,37,39,42,44,48,50,70H,4-6,8-9,11-15,17,19-20,25-26,31-33,36,38,40-41,43,45-47,49,51-69H2,1-3H3/b10-7-,18-16-,23-21-,24-22-,29-27-,30-28-,35-34-,39-37-,44-42-,50-48-. The van der Waals surface area contributed by atoms with E-state index < -0.39 is 6.10 Å². The van der Waals surface area contributed by atoms with Crippen LogP contribution in [0.25, 0.3) is 0 Å². The van der Waals surface area contributed by atoms with Crippen molar-refractivity contribution in [1.82, 2.24) is 0 Å². The smallest absolute Gasteiger partial charge is 0.306 e. The van der Waals surface area contributed by atoms with E-state index >= 15 is 0 Å². The Kier molecular flexibility index (Phi) is 62.8. The van der Waals surface area contributed by atoms with Crippen molar-refractivity contribution in [3.63, 3.8) is 0 Å². The van der Waals surface area contributed by atoms with Gasteiger partial charge in [0.2, 0.25) is 0 Å². The molecule has 0 radical (unpaired) electrons. The lowest BCUT2D eigenvalue weighted by atomic mass is 10.0. The lowest BCUT2D eigenvalue weighted by Crippen LogP contribution is -2.30. The summed E-state index contributed by atoms with van der Waals surface area (Å²) in [5.41, 5.74) is 0. The zero-order chi connectivity index (χ0) is 57.1. The number of unbranched alkanes of at least 4 members (excludes halogenated alkanes) is 28. The van der Waals surface area contributed by atoms with E-state index in [0.29, 0.717) is 19.3 Å². The van der Waals surface area contributed by atoms with Crippen LogP contribution in [0.2, 0.25) is 0 Å². The molecule has 0 saturated heterocycles. The van der Waals surface area contributed by atoms with Gasteiger partial charge in [0.15, 0.2) is 6.10 Å². The molecule has 0 saturated carbocycles. The van der Waals surface area contributed by atoms with E-state index in [2.05, 4.69) is 142 Å². The van der Waals surface area contributed by atoms with Crippen LogP contribution in [-0.4, -0.2) is 37.2 Å². The Bertz CT molecular complexity index is 1640. The van der Waals surface area contributed by atoms with E-state index in [1.54, 1.807) is 0 Å². The third-order valence-corrected chi connectivity index (χ3v) is 14.0. The highest BCUT2D eigenvalue weighted by molar-refractivity contribution is 5.71. The molecule has 0 aromatic rings. The molecule has 6 heteroatoms. The summed E-state index contributed by atoms with van der Waals surface area (Å²) < 4.78 is 16.8. The molecule has 0 fully saturated rings. The minimum atomic E-state index is -0.790. The van der Waals surface area contributed by atoms with Gasteiger partial charge in [-0.05, 0) is 116 Å². The van der Waals surface area contributed by atoms with Gasteiger partial charge >= 0.3 is 17.9 Å². The Morgan fingerprint density at radius 3 is 0.772 bits per heavy atom. The van der Waals surface area contributed by atoms with Crippen LogP contribution in [0.1, 0.15) is 303 Å². The molecule has 1 unspecified atom stereocenters. The average Bonchev–Trinajstić information content (AvgIpc) is 3.45. The van der Waals surface area contributed by atoms with Crippen LogP contribution < -0.4 is 0 Å². The molecule has 79 heavy (non-hydrogen) atoms. The van der Waals surface area contributed by atoms with Crippen molar-refractivity contribution >= 4 is 17.9 Å². The number of hydrogen-bond acceptors (Lipinski definition) is 6. The summed E-state index contributed by atoms with van der Waals surface area (Å²) in [4.78, 5) is 38.1. The van der Waals surface area contributed by atoms with Crippen LogP contribution in [0.3, 0.4) is 0 Å². The highest BCUT2D eigenvalue weighted by atomic mass is 16.6. The van der Waals surface area contributed by atoms with E-state index in [9.17, 15) is 14.4 Å². The van der Waals surface area contributed by atoms with E-state index in [1.807, 2.05) is 0 Å². The minimum absolute atomic E-state index is 0.0869. The maximum absolute atomic E-state index is 12.9. The van der Waals surface area contributed by atoms with Gasteiger partial charge < -0.3 is 14.2 Å². The van der Waals surface area contributed by atoms with Gasteiger partial charge in [0.05, 0.1) is 0 Å². The second-order valence-electron chi connectivity index (χ2n) is 21.6. The fourth-order valence-electron chi connectivity index (χ4n) is 9.02. The topological polar surface area (TPSA) is 78.9 Å². The van der Waals surface area contributed by atoms with Crippen LogP contribution in [-0.2, 0) is 28.6 Å². The van der Waals surface area contributed by atoms with Gasteiger partial charge in [-0.1, -0.05) is 290 Å². The van der Waals surface area contributed by atoms with Gasteiger partial charge in [0.1, 0.15) is 13.2 Å². The van der Waals surface area contributed by atoms with Crippen molar-refractivity contribution in [1.29, 1.82) is 0 Å². The number of carbonyl (C=O) groups excluding carboxylic acids is 3. The van der Waals surface area contributed by atoms with Crippen molar-refractivity contribution in [2.75, 3.05) is 13.2 Å². The van der Waals surface area contributed by atoms with Crippen LogP contribution in [0.15, 0.2) is 122 Å². The minimum Gasteiger partial charge on any atom is -0.462 e. The maximum atomic E-state index is 12.9. The van der Waals surface area contributed by atoms with Crippen LogP contribution in [0.5, 0.6) is 0 Å². The Morgan fingerprint density at radius 1 is 0.266 bits per heavy atom. The molecule has 0 aliphatic heterocycles. The molecule has 0 bridgehead atoms. The van der Waals surface area contributed by atoms with Crippen molar-refractivity contribution in [3.8, 4) is 0 Å². The highest BCUT2D eigenvalue weighted by Crippen LogP contribution is 2.16. The zero-order valence-corrected chi connectivity index (χ0v) is 51.6. The molecule has 0 aliphatic carbocycles. The summed E-state index contributed by atoms with van der Waals surface area (Å²) in [7, 11) is 0. The molecule has 0 spiro atoms. The Labute approximate surface area is 488 Å². The number of ether oxygens (including phenoxy) is 3. The third kappa shape index (κ3) is 64.5. The lowest BCUT2D eigenvalue weighted by molar-refractivity contribution is -0.167. The molecule has 0 aliphatic rings. The molecule has 450 valence electrons. The average molecular weight is 1100 g/mol. The number of allylic oxidation sites excluding steroid dienone is 20. The van der Waals surface area contributed by atoms with Gasteiger partial charge in [-0.25, -0.2) is 0 Å². The molecule has 1 atom stereocenters. The SMILES string of the molecule is CC/C=C\C/C=C\C/C=C\C/C=C\C/C=C\C/C=C\C/C=C\C/C=C\CCCCCCC(=O)OCC(COC(=O)CCCCCCCCC)OC(=O)CCCCCCCCCCCCCCC/C=C\C/C=C\CCCCCCC. The molecular formula is C73H122O6. The van der Waals surface area contributed by atoms with E-state index in [0.717, 1.165) is 128 Å². The summed E-state index contributed by atoms with van der Waals surface area (Å²) in [6, 6.07) is 0. The molecule has 0 aromatic carbocycles. The first kappa shape index (κ1) is 74.8. The van der Waals surface area contributed by atoms with Gasteiger partial charge in [-0.2, -0.15) is 0 Å². The lowest BCUT2D eigenvalue weighted by Gasteiger charge is -2.18. The van der Waals surface area contributed by atoms with Crippen LogP contribution in [0, 0.1) is 0 Å². The predicted molar refractivity (Wildman–Crippen MR) is 343 cm³/mol. The largest absolute Gasteiger partial charge is 0.462 e. The predicted octanol–water partition coefficient (Wildman–Crippen LogP) is 22.8. The van der Waals surface area contributed by atoms with Crippen LogP contribution in [0.4, 0.5) is 0 Å². The first-order valence-corrected chi connectivity index (χ1v) is 33.0. The molecule has 0 N–H and O–H groups in total. The highest BCUT2D eigenvalue weighted by Gasteiger charge is 2.19. The Balaban J connectivity index is 4.20. The molecule has 6 nitrogen and oxygen atoms in total. The molecular weight excluding hydrogens is 973 g/mol. The molecule has 0 heterocycles. The summed E-state index contributed by atoms with van der Waals surface area (Å²) in [6.07, 6.45) is 92.3. The second kappa shape index (κ2) is 66.3. The van der Waals surface area contributed by atoms with Gasteiger partial charge in [-0.15, -0.1) is 0 Å². The van der Waals surface area contributed by atoms with Gasteiger partial charge in [0.25, 0.3) is 0 Å². The quantitative estimate of drug-likeness (QED) is 0.0261.